The molecule has 15 heteroatoms. The monoisotopic (exact) mass is 681 g/mol. The molecule has 0 aliphatic heterocycles. The number of nitrogens with two attached hydrogens (primary N) is 1. The molecule has 0 saturated carbocycles. The van der Waals surface area contributed by atoms with Gasteiger partial charge in [0.05, 0.1) is 33.5 Å². The first-order valence-electron chi connectivity index (χ1n) is 13.3. The average Bonchev–Trinajstić information content (AvgIpc) is 3.34. The minimum atomic E-state index is -4.89. The second-order valence-corrected chi connectivity index (χ2v) is 13.0. The highest BCUT2D eigenvalue weighted by Gasteiger charge is 2.31. The molecular formula is C31H28ClF4N3O6S. The third-order valence-corrected chi connectivity index (χ3v) is 8.08. The number of aliphatic hydroxyl groups is 2. The molecule has 4 N–H and O–H groups in total. The molecule has 4 rings (SSSR count). The molecule has 1 heterocycles. The molecule has 0 amide bonds. The first-order valence-corrected chi connectivity index (χ1v) is 15.6. The van der Waals surface area contributed by atoms with E-state index < -0.39 is 44.9 Å². The highest BCUT2D eigenvalue weighted by molar-refractivity contribution is 7.90. The van der Waals surface area contributed by atoms with Crippen molar-refractivity contribution in [2.45, 2.75) is 44.2 Å². The van der Waals surface area contributed by atoms with E-state index in [0.29, 0.717) is 11.1 Å². The Morgan fingerprint density at radius 1 is 1.09 bits per heavy atom. The first-order chi connectivity index (χ1) is 21.3. The average molecular weight is 682 g/mol. The van der Waals surface area contributed by atoms with Gasteiger partial charge in [-0.1, -0.05) is 17.7 Å². The molecule has 4 aromatic rings. The van der Waals surface area contributed by atoms with E-state index >= 15 is 4.39 Å². The van der Waals surface area contributed by atoms with Gasteiger partial charge in [-0.15, -0.1) is 13.2 Å². The lowest BCUT2D eigenvalue weighted by atomic mass is 9.97. The van der Waals surface area contributed by atoms with Gasteiger partial charge in [0.1, 0.15) is 17.3 Å². The molecule has 0 aliphatic carbocycles. The lowest BCUT2D eigenvalue weighted by molar-refractivity contribution is -0.274. The molecule has 0 bridgehead atoms. The van der Waals surface area contributed by atoms with E-state index in [1.54, 1.807) is 6.92 Å². The largest absolute Gasteiger partial charge is 0.573 e. The number of nitrogens with zero attached hydrogens (tertiary/aromatic N) is 2. The lowest BCUT2D eigenvalue weighted by Crippen LogP contribution is -2.28. The summed E-state index contributed by atoms with van der Waals surface area (Å²) in [5, 5.41) is 19.8. The lowest BCUT2D eigenvalue weighted by Gasteiger charge is -2.18. The van der Waals surface area contributed by atoms with Crippen molar-refractivity contribution < 1.29 is 45.3 Å². The second-order valence-electron chi connectivity index (χ2n) is 10.7. The highest BCUT2D eigenvalue weighted by atomic mass is 35.5. The maximum absolute atomic E-state index is 15.0. The summed E-state index contributed by atoms with van der Waals surface area (Å²) in [5.41, 5.74) is 5.51. The number of aryl methyl sites for hydroxylation is 1. The van der Waals surface area contributed by atoms with Gasteiger partial charge in [-0.3, -0.25) is 4.99 Å². The summed E-state index contributed by atoms with van der Waals surface area (Å²) in [4.78, 5) is 8.42. The van der Waals surface area contributed by atoms with Gasteiger partial charge in [0.25, 0.3) is 0 Å². The molecule has 0 unspecified atom stereocenters. The zero-order valence-corrected chi connectivity index (χ0v) is 26.4. The molecule has 0 fully saturated rings. The van der Waals surface area contributed by atoms with E-state index in [9.17, 15) is 31.8 Å². The van der Waals surface area contributed by atoms with Gasteiger partial charge in [0.2, 0.25) is 0 Å². The molecule has 46 heavy (non-hydrogen) atoms. The molecule has 244 valence electrons. The van der Waals surface area contributed by atoms with Crippen LogP contribution >= 0.6 is 11.6 Å². The fourth-order valence-corrected chi connectivity index (χ4v) is 5.61. The number of aromatic nitrogens is 1. The van der Waals surface area contributed by atoms with Crippen LogP contribution in [-0.2, 0) is 16.4 Å². The molecule has 0 saturated heterocycles. The Morgan fingerprint density at radius 2 is 1.72 bits per heavy atom. The Bertz CT molecular complexity index is 1950. The number of aliphatic imine (C=N–C) groups is 1. The summed E-state index contributed by atoms with van der Waals surface area (Å²) in [6.07, 6.45) is -2.81. The van der Waals surface area contributed by atoms with Crippen LogP contribution in [0.2, 0.25) is 0 Å². The van der Waals surface area contributed by atoms with Crippen LogP contribution in [0.1, 0.15) is 25.3 Å². The number of rotatable bonds is 9. The quantitative estimate of drug-likeness (QED) is 0.129. The number of sulfone groups is 1. The van der Waals surface area contributed by atoms with Crippen LogP contribution in [0, 0.1) is 12.7 Å². The van der Waals surface area contributed by atoms with Crippen molar-refractivity contribution in [3.8, 4) is 39.5 Å². The van der Waals surface area contributed by atoms with Crippen molar-refractivity contribution in [2.75, 3.05) is 6.26 Å². The van der Waals surface area contributed by atoms with Crippen molar-refractivity contribution in [1.82, 2.24) is 4.98 Å². The molecule has 0 spiro atoms. The summed E-state index contributed by atoms with van der Waals surface area (Å²) >= 11 is 6.29. The molecule has 0 aliphatic rings. The van der Waals surface area contributed by atoms with Crippen LogP contribution in [0.25, 0.3) is 33.7 Å². The van der Waals surface area contributed by atoms with Crippen molar-refractivity contribution in [1.29, 1.82) is 0 Å². The van der Waals surface area contributed by atoms with Gasteiger partial charge < -0.3 is 25.1 Å². The summed E-state index contributed by atoms with van der Waals surface area (Å²) in [6.45, 7) is 3.56. The number of allylic oxidation sites excluding steroid dienone is 1. The Hall–Kier alpha value is -4.24. The van der Waals surface area contributed by atoms with E-state index in [1.807, 2.05) is 0 Å². The number of aliphatic hydroxyl groups excluding tert-OH is 1. The van der Waals surface area contributed by atoms with E-state index in [1.165, 1.54) is 56.5 Å². The minimum absolute atomic E-state index is 0.0683. The highest BCUT2D eigenvalue weighted by Crippen LogP contribution is 2.41. The van der Waals surface area contributed by atoms with Crippen LogP contribution in [0.4, 0.5) is 23.2 Å². The molecule has 1 aromatic heterocycles. The van der Waals surface area contributed by atoms with Gasteiger partial charge in [0.15, 0.2) is 21.5 Å². The predicted octanol–water partition coefficient (Wildman–Crippen LogP) is 6.80. The summed E-state index contributed by atoms with van der Waals surface area (Å²) in [5.74, 6) is -1.10. The topological polar surface area (TPSA) is 148 Å². The maximum atomic E-state index is 15.0. The Labute approximate surface area is 266 Å². The standard InChI is InChI=1S/C31H28ClF4N3O6S/c1-16-39-27(17-5-8-20(9-6-17)45-31(34,35)36)28(44-16)21-11-18(7-10-25(21)38-14-23(32)29(37)30(2,3)41)19-12-24(33)22(15-40)26(13-19)46(4,42)43/h5-14,40-41H,15,37H2,1-4H3. The number of benzene rings is 3. The number of oxazole rings is 1. The number of alkyl halides is 3. The van der Waals surface area contributed by atoms with Crippen molar-refractivity contribution in [3.63, 3.8) is 0 Å². The normalized spacial score (nSPS) is 13.3. The van der Waals surface area contributed by atoms with Crippen LogP contribution in [0.5, 0.6) is 5.75 Å². The number of ether oxygens (including phenoxy) is 1. The van der Waals surface area contributed by atoms with Crippen molar-refractivity contribution in [3.05, 3.63) is 82.6 Å². The van der Waals surface area contributed by atoms with Gasteiger partial charge >= 0.3 is 6.36 Å². The summed E-state index contributed by atoms with van der Waals surface area (Å²) in [6, 6.07) is 11.7. The number of hydrogen-bond acceptors (Lipinski definition) is 9. The van der Waals surface area contributed by atoms with Crippen LogP contribution in [-0.4, -0.2) is 48.0 Å². The molecule has 3 aromatic carbocycles. The van der Waals surface area contributed by atoms with E-state index in [2.05, 4.69) is 14.7 Å². The number of halogens is 5. The maximum Gasteiger partial charge on any atom is 0.573 e. The third kappa shape index (κ3) is 7.94. The van der Waals surface area contributed by atoms with Crippen molar-refractivity contribution >= 4 is 33.3 Å². The Balaban J connectivity index is 1.95. The zero-order chi connectivity index (χ0) is 34.2. The van der Waals surface area contributed by atoms with E-state index in [-0.39, 0.29) is 50.5 Å². The fraction of sp³-hybridized carbons (Fsp3) is 0.226. The summed E-state index contributed by atoms with van der Waals surface area (Å²) < 4.78 is 87.9. The Kier molecular flexibility index (Phi) is 9.69. The molecular weight excluding hydrogens is 654 g/mol. The van der Waals surface area contributed by atoms with Gasteiger partial charge in [-0.05, 0) is 73.5 Å². The predicted molar refractivity (Wildman–Crippen MR) is 165 cm³/mol. The van der Waals surface area contributed by atoms with Gasteiger partial charge in [0, 0.05) is 36.1 Å². The fourth-order valence-electron chi connectivity index (χ4n) is 4.38. The number of hydrogen-bond donors (Lipinski definition) is 3. The Morgan fingerprint density at radius 3 is 2.28 bits per heavy atom. The van der Waals surface area contributed by atoms with E-state index in [4.69, 9.17) is 21.8 Å². The molecule has 0 radical (unpaired) electrons. The van der Waals surface area contributed by atoms with Crippen LogP contribution in [0.15, 0.2) is 79.6 Å². The smallest absolute Gasteiger partial charge is 0.440 e. The van der Waals surface area contributed by atoms with E-state index in [0.717, 1.165) is 24.5 Å². The second kappa shape index (κ2) is 12.9. The zero-order valence-electron chi connectivity index (χ0n) is 24.8. The van der Waals surface area contributed by atoms with Crippen LogP contribution < -0.4 is 10.5 Å². The summed E-state index contributed by atoms with van der Waals surface area (Å²) in [7, 11) is -3.95. The first kappa shape index (κ1) is 34.6. The SMILES string of the molecule is Cc1nc(-c2ccc(OC(F)(F)F)cc2)c(-c2cc(-c3cc(F)c(CO)c(S(C)(=O)=O)c3)ccc2N=CC(Cl)=C(N)C(C)(C)O)o1. The van der Waals surface area contributed by atoms with Gasteiger partial charge in [-0.25, -0.2) is 17.8 Å². The van der Waals surface area contributed by atoms with Crippen molar-refractivity contribution in [2.24, 2.45) is 10.7 Å². The van der Waals surface area contributed by atoms with Gasteiger partial charge in [-0.2, -0.15) is 0 Å². The molecule has 0 atom stereocenters. The minimum Gasteiger partial charge on any atom is -0.440 e. The molecule has 9 nitrogen and oxygen atoms in total. The van der Waals surface area contributed by atoms with Crippen LogP contribution in [0.3, 0.4) is 0 Å². The third-order valence-electron chi connectivity index (χ3n) is 6.62.